The van der Waals surface area contributed by atoms with Gasteiger partial charge in [0.15, 0.2) is 5.82 Å². The fourth-order valence-electron chi connectivity index (χ4n) is 3.65. The Morgan fingerprint density at radius 1 is 1.32 bits per heavy atom. The van der Waals surface area contributed by atoms with Crippen LogP contribution in [-0.2, 0) is 13.6 Å². The Labute approximate surface area is 147 Å². The van der Waals surface area contributed by atoms with Crippen molar-refractivity contribution >= 4 is 5.82 Å². The summed E-state index contributed by atoms with van der Waals surface area (Å²) in [7, 11) is 1.77. The predicted molar refractivity (Wildman–Crippen MR) is 96.8 cm³/mol. The number of anilines is 1. The molecule has 134 valence electrons. The highest BCUT2D eigenvalue weighted by Crippen LogP contribution is 2.47. The van der Waals surface area contributed by atoms with E-state index in [4.69, 9.17) is 4.42 Å². The van der Waals surface area contributed by atoms with Crippen LogP contribution in [0.5, 0.6) is 0 Å². The number of hydrogen-bond acceptors (Lipinski definition) is 5. The van der Waals surface area contributed by atoms with Crippen LogP contribution in [0.2, 0.25) is 0 Å². The Hall–Kier alpha value is -2.08. The molecule has 2 fully saturated rings. The number of rotatable bonds is 5. The molecule has 2 atom stereocenters. The van der Waals surface area contributed by atoms with Gasteiger partial charge in [-0.25, -0.2) is 4.98 Å². The molecule has 0 unspecified atom stereocenters. The standard InChI is InChI=1S/C19H26N4O2/c1-13-11-16(13)17-4-3-15(25-17)12-21-14-5-8-23(9-6-14)18-19(24)22(2)10-7-20-18/h3-4,7,10,13-14,16,21H,5-6,8-9,11-12H2,1-2H3/t13-,16+/m1/s1. The smallest absolute Gasteiger partial charge is 0.293 e. The number of nitrogens with one attached hydrogen (secondary N) is 1. The Morgan fingerprint density at radius 2 is 2.08 bits per heavy atom. The zero-order chi connectivity index (χ0) is 17.4. The van der Waals surface area contributed by atoms with Crippen molar-refractivity contribution in [2.75, 3.05) is 18.0 Å². The lowest BCUT2D eigenvalue weighted by molar-refractivity contribution is 0.379. The molecule has 0 spiro atoms. The molecule has 6 nitrogen and oxygen atoms in total. The van der Waals surface area contributed by atoms with Crippen molar-refractivity contribution in [3.05, 3.63) is 46.4 Å². The van der Waals surface area contributed by atoms with E-state index < -0.39 is 0 Å². The van der Waals surface area contributed by atoms with Gasteiger partial charge in [-0.05, 0) is 37.3 Å². The molecule has 1 saturated carbocycles. The molecule has 25 heavy (non-hydrogen) atoms. The van der Waals surface area contributed by atoms with Gasteiger partial charge in [0.2, 0.25) is 0 Å². The zero-order valence-electron chi connectivity index (χ0n) is 14.9. The maximum Gasteiger partial charge on any atom is 0.293 e. The number of hydrogen-bond donors (Lipinski definition) is 1. The van der Waals surface area contributed by atoms with E-state index in [1.807, 2.05) is 0 Å². The summed E-state index contributed by atoms with van der Waals surface area (Å²) in [5.74, 6) is 4.14. The normalized spacial score (nSPS) is 23.8. The van der Waals surface area contributed by atoms with E-state index in [0.29, 0.717) is 17.8 Å². The van der Waals surface area contributed by atoms with E-state index in [1.165, 1.54) is 6.42 Å². The largest absolute Gasteiger partial charge is 0.464 e. The summed E-state index contributed by atoms with van der Waals surface area (Å²) in [5, 5.41) is 3.60. The van der Waals surface area contributed by atoms with Gasteiger partial charge in [-0.3, -0.25) is 4.79 Å². The van der Waals surface area contributed by atoms with E-state index in [9.17, 15) is 4.79 Å². The first-order chi connectivity index (χ1) is 12.1. The summed E-state index contributed by atoms with van der Waals surface area (Å²) >= 11 is 0. The monoisotopic (exact) mass is 342 g/mol. The van der Waals surface area contributed by atoms with Gasteiger partial charge in [-0.2, -0.15) is 0 Å². The van der Waals surface area contributed by atoms with Crippen LogP contribution in [0.15, 0.2) is 33.7 Å². The van der Waals surface area contributed by atoms with Gasteiger partial charge in [-0.15, -0.1) is 0 Å². The number of nitrogens with zero attached hydrogens (tertiary/aromatic N) is 3. The van der Waals surface area contributed by atoms with Crippen molar-refractivity contribution in [3.8, 4) is 0 Å². The number of furan rings is 1. The van der Waals surface area contributed by atoms with Crippen molar-refractivity contribution < 1.29 is 4.42 Å². The van der Waals surface area contributed by atoms with E-state index >= 15 is 0 Å². The van der Waals surface area contributed by atoms with Gasteiger partial charge in [-0.1, -0.05) is 6.92 Å². The third kappa shape index (κ3) is 3.49. The van der Waals surface area contributed by atoms with Crippen molar-refractivity contribution in [2.45, 2.75) is 44.7 Å². The quantitative estimate of drug-likeness (QED) is 0.903. The van der Waals surface area contributed by atoms with Crippen LogP contribution in [0, 0.1) is 5.92 Å². The maximum atomic E-state index is 12.2. The SMILES string of the molecule is C[C@@H]1C[C@@H]1c1ccc(CNC2CCN(c3nccn(C)c3=O)CC2)o1. The molecule has 3 heterocycles. The maximum absolute atomic E-state index is 12.2. The molecule has 4 rings (SSSR count). The van der Waals surface area contributed by atoms with Crippen LogP contribution in [0.4, 0.5) is 5.82 Å². The second kappa shape index (κ2) is 6.67. The molecule has 6 heteroatoms. The predicted octanol–water partition coefficient (Wildman–Crippen LogP) is 2.26. The number of aromatic nitrogens is 2. The second-order valence-corrected chi connectivity index (χ2v) is 7.43. The zero-order valence-corrected chi connectivity index (χ0v) is 14.9. The van der Waals surface area contributed by atoms with Gasteiger partial charge in [0.05, 0.1) is 6.54 Å². The molecule has 1 aliphatic heterocycles. The highest BCUT2D eigenvalue weighted by molar-refractivity contribution is 5.36. The molecule has 0 amide bonds. The van der Waals surface area contributed by atoms with Crippen molar-refractivity contribution in [1.82, 2.24) is 14.9 Å². The van der Waals surface area contributed by atoms with Crippen LogP contribution >= 0.6 is 0 Å². The summed E-state index contributed by atoms with van der Waals surface area (Å²) in [4.78, 5) is 18.5. The third-order valence-electron chi connectivity index (χ3n) is 5.52. The first-order valence-corrected chi connectivity index (χ1v) is 9.20. The van der Waals surface area contributed by atoms with E-state index in [1.54, 1.807) is 24.0 Å². The Balaban J connectivity index is 1.28. The molecular weight excluding hydrogens is 316 g/mol. The summed E-state index contributed by atoms with van der Waals surface area (Å²) in [6.07, 6.45) is 6.65. The molecule has 0 aromatic carbocycles. The highest BCUT2D eigenvalue weighted by atomic mass is 16.3. The molecule has 2 aliphatic rings. The van der Waals surface area contributed by atoms with E-state index in [2.05, 4.69) is 34.3 Å². The van der Waals surface area contributed by atoms with Crippen LogP contribution in [0.25, 0.3) is 0 Å². The van der Waals surface area contributed by atoms with Gasteiger partial charge in [0.25, 0.3) is 5.56 Å². The van der Waals surface area contributed by atoms with Gasteiger partial charge < -0.3 is 19.2 Å². The lowest BCUT2D eigenvalue weighted by atomic mass is 10.1. The van der Waals surface area contributed by atoms with Gasteiger partial charge in [0.1, 0.15) is 11.5 Å². The van der Waals surface area contributed by atoms with Gasteiger partial charge in [0, 0.05) is 44.5 Å². The lowest BCUT2D eigenvalue weighted by Crippen LogP contribution is -2.44. The van der Waals surface area contributed by atoms with Crippen LogP contribution in [0.1, 0.15) is 43.6 Å². The number of piperidine rings is 1. The van der Waals surface area contributed by atoms with Crippen molar-refractivity contribution in [3.63, 3.8) is 0 Å². The van der Waals surface area contributed by atoms with Crippen LogP contribution < -0.4 is 15.8 Å². The molecule has 2 aromatic rings. The second-order valence-electron chi connectivity index (χ2n) is 7.43. The highest BCUT2D eigenvalue weighted by Gasteiger charge is 2.36. The lowest BCUT2D eigenvalue weighted by Gasteiger charge is -2.32. The summed E-state index contributed by atoms with van der Waals surface area (Å²) in [6, 6.07) is 4.68. The van der Waals surface area contributed by atoms with Crippen molar-refractivity contribution in [2.24, 2.45) is 13.0 Å². The fraction of sp³-hybridized carbons (Fsp3) is 0.579. The minimum absolute atomic E-state index is 0.0219. The molecule has 0 radical (unpaired) electrons. The fourth-order valence-corrected chi connectivity index (χ4v) is 3.65. The van der Waals surface area contributed by atoms with E-state index in [0.717, 1.165) is 49.9 Å². The van der Waals surface area contributed by atoms with Gasteiger partial charge >= 0.3 is 0 Å². The molecular formula is C19H26N4O2. The summed E-state index contributed by atoms with van der Waals surface area (Å²) < 4.78 is 7.55. The Morgan fingerprint density at radius 3 is 2.80 bits per heavy atom. The van der Waals surface area contributed by atoms with Crippen molar-refractivity contribution in [1.29, 1.82) is 0 Å². The molecule has 1 aliphatic carbocycles. The topological polar surface area (TPSA) is 63.3 Å². The minimum Gasteiger partial charge on any atom is -0.464 e. The molecule has 1 saturated heterocycles. The third-order valence-corrected chi connectivity index (χ3v) is 5.52. The Kier molecular flexibility index (Phi) is 4.37. The molecule has 2 aromatic heterocycles. The number of aryl methyl sites for hydroxylation is 1. The van der Waals surface area contributed by atoms with Crippen LogP contribution in [-0.4, -0.2) is 28.7 Å². The summed E-state index contributed by atoms with van der Waals surface area (Å²) in [6.45, 7) is 4.75. The summed E-state index contributed by atoms with van der Waals surface area (Å²) in [5.41, 5.74) is -0.0219. The average Bonchev–Trinajstić information content (AvgIpc) is 3.17. The molecule has 0 bridgehead atoms. The minimum atomic E-state index is -0.0219. The Bertz CT molecular complexity index is 789. The first kappa shape index (κ1) is 16.4. The molecule has 1 N–H and O–H groups in total. The first-order valence-electron chi connectivity index (χ1n) is 9.20. The average molecular weight is 342 g/mol. The van der Waals surface area contributed by atoms with Crippen LogP contribution in [0.3, 0.4) is 0 Å². The van der Waals surface area contributed by atoms with E-state index in [-0.39, 0.29) is 5.56 Å².